The van der Waals surface area contributed by atoms with Gasteiger partial charge in [0.1, 0.15) is 11.3 Å². The third-order valence-electron chi connectivity index (χ3n) is 6.02. The van der Waals surface area contributed by atoms with E-state index < -0.39 is 0 Å². The van der Waals surface area contributed by atoms with Crippen LogP contribution >= 0.6 is 0 Å². The van der Waals surface area contributed by atoms with E-state index in [0.717, 1.165) is 24.0 Å². The van der Waals surface area contributed by atoms with Crippen LogP contribution in [0.4, 0.5) is 4.39 Å². The fourth-order valence-corrected chi connectivity index (χ4v) is 4.43. The number of fused-ring (bicyclic) bond motifs is 2. The SMILES string of the molecule is Cn1cc2c(C(=O)N3CCCC3)c3cc(Cc4ccc(F)cc4)cnc3c(O)c2c1O. The zero-order valence-electron chi connectivity index (χ0n) is 17.1. The van der Waals surface area contributed by atoms with Gasteiger partial charge in [0, 0.05) is 43.3 Å². The normalized spacial score (nSPS) is 14.1. The van der Waals surface area contributed by atoms with Crippen molar-refractivity contribution in [1.82, 2.24) is 14.5 Å². The molecule has 2 aromatic heterocycles. The second kappa shape index (κ2) is 7.27. The Bertz CT molecular complexity index is 1320. The highest BCUT2D eigenvalue weighted by atomic mass is 19.1. The molecular formula is C24H22FN3O3. The molecule has 2 N–H and O–H groups in total. The number of amides is 1. The Labute approximate surface area is 178 Å². The molecule has 0 radical (unpaired) electrons. The number of phenols is 1. The maximum absolute atomic E-state index is 13.5. The van der Waals surface area contributed by atoms with Crippen LogP contribution in [0.25, 0.3) is 21.7 Å². The van der Waals surface area contributed by atoms with Gasteiger partial charge in [0.15, 0.2) is 5.75 Å². The summed E-state index contributed by atoms with van der Waals surface area (Å²) in [5, 5.41) is 22.7. The van der Waals surface area contributed by atoms with Gasteiger partial charge in [-0.05, 0) is 48.6 Å². The van der Waals surface area contributed by atoms with Gasteiger partial charge in [-0.25, -0.2) is 4.39 Å². The number of carbonyl (C=O) groups excluding carboxylic acids is 1. The molecule has 4 aromatic rings. The standard InChI is InChI=1S/C24H22FN3O3/c1-27-13-18-19(24(31)28-8-2-3-9-28)17-11-15(10-14-4-6-16(25)7-5-14)12-26-21(17)22(29)20(18)23(27)30/h4-7,11-13,29-30H,2-3,8-10H2,1H3. The molecule has 1 aliphatic rings. The van der Waals surface area contributed by atoms with Crippen molar-refractivity contribution in [1.29, 1.82) is 0 Å². The van der Waals surface area contributed by atoms with Crippen LogP contribution in [0.5, 0.6) is 11.6 Å². The summed E-state index contributed by atoms with van der Waals surface area (Å²) >= 11 is 0. The molecule has 0 spiro atoms. The lowest BCUT2D eigenvalue weighted by Gasteiger charge is -2.18. The van der Waals surface area contributed by atoms with Crippen molar-refractivity contribution in [2.24, 2.45) is 7.05 Å². The topological polar surface area (TPSA) is 78.6 Å². The number of aryl methyl sites for hydroxylation is 1. The Hall–Kier alpha value is -3.61. The Morgan fingerprint density at radius 1 is 1.10 bits per heavy atom. The number of pyridine rings is 1. The Balaban J connectivity index is 1.73. The van der Waals surface area contributed by atoms with Gasteiger partial charge in [0.25, 0.3) is 5.91 Å². The van der Waals surface area contributed by atoms with Gasteiger partial charge in [-0.2, -0.15) is 0 Å². The van der Waals surface area contributed by atoms with Crippen molar-refractivity contribution in [3.05, 3.63) is 65.2 Å². The van der Waals surface area contributed by atoms with Crippen LogP contribution in [0.2, 0.25) is 0 Å². The van der Waals surface area contributed by atoms with E-state index in [2.05, 4.69) is 4.98 Å². The first-order chi connectivity index (χ1) is 14.9. The number of phenolic OH excluding ortho intramolecular Hbond substituents is 1. The van der Waals surface area contributed by atoms with E-state index in [1.165, 1.54) is 16.7 Å². The average Bonchev–Trinajstić information content (AvgIpc) is 3.39. The van der Waals surface area contributed by atoms with E-state index in [1.54, 1.807) is 31.6 Å². The molecule has 1 saturated heterocycles. The highest BCUT2D eigenvalue weighted by molar-refractivity contribution is 6.21. The Morgan fingerprint density at radius 3 is 2.52 bits per heavy atom. The molecule has 1 aliphatic heterocycles. The zero-order valence-corrected chi connectivity index (χ0v) is 17.1. The first-order valence-electron chi connectivity index (χ1n) is 10.3. The van der Waals surface area contributed by atoms with Crippen LogP contribution in [-0.2, 0) is 13.5 Å². The van der Waals surface area contributed by atoms with Crippen LogP contribution in [0.1, 0.15) is 34.3 Å². The lowest BCUT2D eigenvalue weighted by atomic mass is 9.97. The van der Waals surface area contributed by atoms with Gasteiger partial charge in [0.05, 0.1) is 10.9 Å². The zero-order chi connectivity index (χ0) is 21.7. The molecule has 3 heterocycles. The summed E-state index contributed by atoms with van der Waals surface area (Å²) in [6.07, 6.45) is 5.73. The van der Waals surface area contributed by atoms with Crippen LogP contribution in [0.15, 0.2) is 42.7 Å². The minimum absolute atomic E-state index is 0.109. The van der Waals surface area contributed by atoms with Crippen molar-refractivity contribution in [3.63, 3.8) is 0 Å². The van der Waals surface area contributed by atoms with Gasteiger partial charge in [0.2, 0.25) is 5.88 Å². The van der Waals surface area contributed by atoms with Gasteiger partial charge in [-0.3, -0.25) is 9.78 Å². The smallest absolute Gasteiger partial charge is 0.255 e. The van der Waals surface area contributed by atoms with Gasteiger partial charge in [-0.15, -0.1) is 0 Å². The summed E-state index contributed by atoms with van der Waals surface area (Å²) in [6.45, 7) is 1.37. The van der Waals surface area contributed by atoms with Crippen molar-refractivity contribution in [2.45, 2.75) is 19.3 Å². The molecule has 1 fully saturated rings. The molecule has 0 aliphatic carbocycles. The second-order valence-corrected chi connectivity index (χ2v) is 8.12. The molecule has 1 amide bonds. The van der Waals surface area contributed by atoms with E-state index in [9.17, 15) is 19.4 Å². The van der Waals surface area contributed by atoms with Crippen molar-refractivity contribution in [3.8, 4) is 11.6 Å². The van der Waals surface area contributed by atoms with E-state index in [0.29, 0.717) is 35.8 Å². The molecule has 158 valence electrons. The molecule has 0 unspecified atom stereocenters. The largest absolute Gasteiger partial charge is 0.505 e. The fraction of sp³-hybridized carbons (Fsp3) is 0.250. The predicted octanol–water partition coefficient (Wildman–Crippen LogP) is 4.10. The minimum Gasteiger partial charge on any atom is -0.505 e. The summed E-state index contributed by atoms with van der Waals surface area (Å²) in [5.41, 5.74) is 2.47. The molecule has 0 bridgehead atoms. The number of aromatic nitrogens is 2. The lowest BCUT2D eigenvalue weighted by Crippen LogP contribution is -2.28. The summed E-state index contributed by atoms with van der Waals surface area (Å²) in [5.74, 6) is -0.676. The molecule has 2 aromatic carbocycles. The van der Waals surface area contributed by atoms with E-state index in [1.807, 2.05) is 11.0 Å². The van der Waals surface area contributed by atoms with Gasteiger partial charge in [-0.1, -0.05) is 12.1 Å². The minimum atomic E-state index is -0.296. The van der Waals surface area contributed by atoms with Gasteiger partial charge >= 0.3 is 0 Å². The van der Waals surface area contributed by atoms with Crippen LogP contribution < -0.4 is 0 Å². The molecule has 0 atom stereocenters. The molecular weight excluding hydrogens is 397 g/mol. The molecule has 7 heteroatoms. The lowest BCUT2D eigenvalue weighted by molar-refractivity contribution is 0.0796. The number of nitrogens with zero attached hydrogens (tertiary/aromatic N) is 3. The van der Waals surface area contributed by atoms with Crippen molar-refractivity contribution in [2.75, 3.05) is 13.1 Å². The molecule has 31 heavy (non-hydrogen) atoms. The number of likely N-dealkylation sites (tertiary alicyclic amines) is 1. The Kier molecular flexibility index (Phi) is 4.54. The predicted molar refractivity (Wildman–Crippen MR) is 116 cm³/mol. The highest BCUT2D eigenvalue weighted by Crippen LogP contribution is 2.42. The monoisotopic (exact) mass is 419 g/mol. The van der Waals surface area contributed by atoms with E-state index >= 15 is 0 Å². The first kappa shape index (κ1) is 19.4. The second-order valence-electron chi connectivity index (χ2n) is 8.12. The van der Waals surface area contributed by atoms with Crippen molar-refractivity contribution < 1.29 is 19.4 Å². The fourth-order valence-electron chi connectivity index (χ4n) is 4.43. The maximum Gasteiger partial charge on any atom is 0.255 e. The highest BCUT2D eigenvalue weighted by Gasteiger charge is 2.28. The number of rotatable bonds is 3. The number of benzene rings is 2. The number of hydrogen-bond donors (Lipinski definition) is 2. The molecule has 0 saturated carbocycles. The van der Waals surface area contributed by atoms with Gasteiger partial charge < -0.3 is 19.7 Å². The summed E-state index contributed by atoms with van der Waals surface area (Å²) in [7, 11) is 1.66. The Morgan fingerprint density at radius 2 is 1.81 bits per heavy atom. The molecule has 6 nitrogen and oxygen atoms in total. The average molecular weight is 419 g/mol. The van der Waals surface area contributed by atoms with Crippen LogP contribution in [0, 0.1) is 5.82 Å². The first-order valence-corrected chi connectivity index (χ1v) is 10.3. The van der Waals surface area contributed by atoms with Crippen LogP contribution in [0.3, 0.4) is 0 Å². The van der Waals surface area contributed by atoms with E-state index in [4.69, 9.17) is 0 Å². The quantitative estimate of drug-likeness (QED) is 0.524. The third-order valence-corrected chi connectivity index (χ3v) is 6.02. The number of hydrogen-bond acceptors (Lipinski definition) is 4. The molecule has 5 rings (SSSR count). The summed E-state index contributed by atoms with van der Waals surface area (Å²) < 4.78 is 14.7. The van der Waals surface area contributed by atoms with E-state index in [-0.39, 0.29) is 34.3 Å². The summed E-state index contributed by atoms with van der Waals surface area (Å²) in [4.78, 5) is 19.8. The number of aromatic hydroxyl groups is 2. The number of carbonyl (C=O) groups is 1. The third kappa shape index (κ3) is 3.17. The van der Waals surface area contributed by atoms with Crippen molar-refractivity contribution >= 4 is 27.6 Å². The maximum atomic E-state index is 13.5. The number of halogens is 1. The summed E-state index contributed by atoms with van der Waals surface area (Å²) in [6, 6.07) is 8.11. The van der Waals surface area contributed by atoms with Crippen LogP contribution in [-0.4, -0.2) is 43.7 Å².